The Kier molecular flexibility index (Phi) is 4.61. The van der Waals surface area contributed by atoms with Crippen molar-refractivity contribution in [1.82, 2.24) is 0 Å². The first-order chi connectivity index (χ1) is 3.81. The number of hydrogen-bond acceptors (Lipinski definition) is 2. The molecule has 0 amide bonds. The van der Waals surface area contributed by atoms with Crippen molar-refractivity contribution in [2.45, 2.75) is 18.9 Å². The van der Waals surface area contributed by atoms with Gasteiger partial charge in [0, 0.05) is 0 Å². The lowest BCUT2D eigenvalue weighted by Crippen LogP contribution is -2.10. The fourth-order valence-corrected chi connectivity index (χ4v) is 0.402. The number of hydrogen-bond donors (Lipinski definition) is 2. The summed E-state index contributed by atoms with van der Waals surface area (Å²) in [6.45, 7) is 3.33. The van der Waals surface area contributed by atoms with E-state index in [9.17, 15) is 0 Å². The van der Waals surface area contributed by atoms with Gasteiger partial charge in [-0.3, -0.25) is 0 Å². The molecule has 0 heterocycles. The molecule has 0 rings (SSSR count). The molecule has 8 heavy (non-hydrogen) atoms. The highest BCUT2D eigenvalue weighted by Gasteiger charge is 1.96. The van der Waals surface area contributed by atoms with Crippen LogP contribution in [-0.2, 0) is 0 Å². The SMILES string of the molecule is C=CCC[C@H](O)CO. The van der Waals surface area contributed by atoms with E-state index in [1.54, 1.807) is 6.08 Å². The van der Waals surface area contributed by atoms with Crippen molar-refractivity contribution < 1.29 is 10.2 Å². The number of aliphatic hydroxyl groups excluding tert-OH is 2. The predicted molar refractivity (Wildman–Crippen MR) is 32.5 cm³/mol. The molecule has 0 aliphatic carbocycles. The number of rotatable bonds is 4. The smallest absolute Gasteiger partial charge is 0.0773 e. The minimum absolute atomic E-state index is 0.145. The summed E-state index contributed by atoms with van der Waals surface area (Å²) < 4.78 is 0. The van der Waals surface area contributed by atoms with Crippen molar-refractivity contribution in [2.24, 2.45) is 0 Å². The van der Waals surface area contributed by atoms with Crippen LogP contribution in [-0.4, -0.2) is 22.9 Å². The molecular weight excluding hydrogens is 104 g/mol. The molecule has 0 saturated carbocycles. The second kappa shape index (κ2) is 4.81. The van der Waals surface area contributed by atoms with E-state index in [1.165, 1.54) is 0 Å². The molecular formula is C6H12O2. The Morgan fingerprint density at radius 1 is 1.62 bits per heavy atom. The standard InChI is InChI=1S/C6H12O2/c1-2-3-4-6(8)5-7/h2,6-8H,1,3-5H2/t6-/m0/s1. The summed E-state index contributed by atoms with van der Waals surface area (Å²) in [6.07, 6.45) is 2.54. The highest BCUT2D eigenvalue weighted by Crippen LogP contribution is 1.94. The average molecular weight is 116 g/mol. The third kappa shape index (κ3) is 3.84. The number of allylic oxidation sites excluding steroid dienone is 1. The predicted octanol–water partition coefficient (Wildman–Crippen LogP) is 0.306. The Bertz CT molecular complexity index is 61.5. The van der Waals surface area contributed by atoms with Crippen LogP contribution in [0, 0.1) is 0 Å². The van der Waals surface area contributed by atoms with Crippen LogP contribution in [0.3, 0.4) is 0 Å². The highest BCUT2D eigenvalue weighted by molar-refractivity contribution is 4.68. The van der Waals surface area contributed by atoms with Crippen LogP contribution >= 0.6 is 0 Å². The van der Waals surface area contributed by atoms with Crippen molar-refractivity contribution in [1.29, 1.82) is 0 Å². The van der Waals surface area contributed by atoms with Crippen LogP contribution in [0.5, 0.6) is 0 Å². The van der Waals surface area contributed by atoms with Gasteiger partial charge >= 0.3 is 0 Å². The van der Waals surface area contributed by atoms with E-state index < -0.39 is 6.10 Å². The summed E-state index contributed by atoms with van der Waals surface area (Å²) in [5.74, 6) is 0. The highest BCUT2D eigenvalue weighted by atomic mass is 16.3. The molecule has 0 bridgehead atoms. The van der Waals surface area contributed by atoms with Crippen LogP contribution < -0.4 is 0 Å². The van der Waals surface area contributed by atoms with Crippen molar-refractivity contribution in [2.75, 3.05) is 6.61 Å². The lowest BCUT2D eigenvalue weighted by molar-refractivity contribution is 0.0891. The molecule has 0 aromatic carbocycles. The molecule has 0 aromatic heterocycles. The lowest BCUT2D eigenvalue weighted by Gasteiger charge is -2.01. The molecule has 48 valence electrons. The molecule has 0 fully saturated rings. The summed E-state index contributed by atoms with van der Waals surface area (Å²) in [5, 5.41) is 17.0. The van der Waals surface area contributed by atoms with Gasteiger partial charge in [0.25, 0.3) is 0 Å². The molecule has 1 atom stereocenters. The van der Waals surface area contributed by atoms with E-state index in [-0.39, 0.29) is 6.61 Å². The first-order valence-electron chi connectivity index (χ1n) is 2.71. The van der Waals surface area contributed by atoms with Gasteiger partial charge in [-0.1, -0.05) is 6.08 Å². The van der Waals surface area contributed by atoms with Gasteiger partial charge in [0.05, 0.1) is 12.7 Å². The zero-order chi connectivity index (χ0) is 6.41. The fourth-order valence-electron chi connectivity index (χ4n) is 0.402. The lowest BCUT2D eigenvalue weighted by atomic mass is 10.2. The van der Waals surface area contributed by atoms with Gasteiger partial charge in [-0.15, -0.1) is 6.58 Å². The minimum atomic E-state index is -0.562. The van der Waals surface area contributed by atoms with Crippen molar-refractivity contribution in [3.05, 3.63) is 12.7 Å². The van der Waals surface area contributed by atoms with Crippen LogP contribution in [0.1, 0.15) is 12.8 Å². The Labute approximate surface area is 49.5 Å². The Hall–Kier alpha value is -0.340. The van der Waals surface area contributed by atoms with Crippen molar-refractivity contribution in [3.8, 4) is 0 Å². The summed E-state index contributed by atoms with van der Waals surface area (Å²) in [4.78, 5) is 0. The average Bonchev–Trinajstić information content (AvgIpc) is 1.83. The maximum atomic E-state index is 8.69. The van der Waals surface area contributed by atoms with Gasteiger partial charge < -0.3 is 10.2 Å². The van der Waals surface area contributed by atoms with Crippen LogP contribution in [0.2, 0.25) is 0 Å². The Balaban J connectivity index is 2.97. The van der Waals surface area contributed by atoms with Gasteiger partial charge in [-0.05, 0) is 12.8 Å². The van der Waals surface area contributed by atoms with Gasteiger partial charge in [0.1, 0.15) is 0 Å². The molecule has 2 N–H and O–H groups in total. The molecule has 0 radical (unpaired) electrons. The molecule has 0 aromatic rings. The maximum Gasteiger partial charge on any atom is 0.0773 e. The molecule has 0 aliphatic heterocycles. The Morgan fingerprint density at radius 2 is 2.25 bits per heavy atom. The van der Waals surface area contributed by atoms with E-state index >= 15 is 0 Å². The molecule has 0 saturated heterocycles. The van der Waals surface area contributed by atoms with Crippen molar-refractivity contribution in [3.63, 3.8) is 0 Å². The van der Waals surface area contributed by atoms with E-state index in [0.29, 0.717) is 6.42 Å². The largest absolute Gasteiger partial charge is 0.394 e. The monoisotopic (exact) mass is 116 g/mol. The summed E-state index contributed by atoms with van der Waals surface area (Å²) in [6, 6.07) is 0. The Morgan fingerprint density at radius 3 is 2.62 bits per heavy atom. The zero-order valence-corrected chi connectivity index (χ0v) is 4.88. The third-order valence-electron chi connectivity index (χ3n) is 0.915. The summed E-state index contributed by atoms with van der Waals surface area (Å²) in [7, 11) is 0. The third-order valence-corrected chi connectivity index (χ3v) is 0.915. The van der Waals surface area contributed by atoms with E-state index in [1.807, 2.05) is 0 Å². The second-order valence-corrected chi connectivity index (χ2v) is 1.70. The van der Waals surface area contributed by atoms with Gasteiger partial charge in [0.15, 0.2) is 0 Å². The first-order valence-corrected chi connectivity index (χ1v) is 2.71. The second-order valence-electron chi connectivity index (χ2n) is 1.70. The maximum absolute atomic E-state index is 8.69. The molecule has 0 unspecified atom stereocenters. The van der Waals surface area contributed by atoms with Gasteiger partial charge in [-0.25, -0.2) is 0 Å². The number of aliphatic hydroxyl groups is 2. The van der Waals surface area contributed by atoms with Gasteiger partial charge in [0.2, 0.25) is 0 Å². The zero-order valence-electron chi connectivity index (χ0n) is 4.88. The molecule has 0 spiro atoms. The van der Waals surface area contributed by atoms with Gasteiger partial charge in [-0.2, -0.15) is 0 Å². The molecule has 0 aliphatic rings. The normalized spacial score (nSPS) is 13.2. The van der Waals surface area contributed by atoms with Crippen LogP contribution in [0.25, 0.3) is 0 Å². The van der Waals surface area contributed by atoms with Crippen LogP contribution in [0.4, 0.5) is 0 Å². The topological polar surface area (TPSA) is 40.5 Å². The minimum Gasteiger partial charge on any atom is -0.394 e. The molecule has 2 heteroatoms. The quantitative estimate of drug-likeness (QED) is 0.519. The fraction of sp³-hybridized carbons (Fsp3) is 0.667. The first kappa shape index (κ1) is 7.66. The molecule has 2 nitrogen and oxygen atoms in total. The van der Waals surface area contributed by atoms with E-state index in [2.05, 4.69) is 6.58 Å². The van der Waals surface area contributed by atoms with Crippen LogP contribution in [0.15, 0.2) is 12.7 Å². The summed E-state index contributed by atoms with van der Waals surface area (Å²) in [5.41, 5.74) is 0. The van der Waals surface area contributed by atoms with E-state index in [0.717, 1.165) is 6.42 Å². The van der Waals surface area contributed by atoms with E-state index in [4.69, 9.17) is 10.2 Å². The van der Waals surface area contributed by atoms with Crippen molar-refractivity contribution >= 4 is 0 Å². The summed E-state index contributed by atoms with van der Waals surface area (Å²) >= 11 is 0.